The maximum Gasteiger partial charge on any atom is 0.337 e. The van der Waals surface area contributed by atoms with Gasteiger partial charge in [0.2, 0.25) is 5.91 Å². The average Bonchev–Trinajstić information content (AvgIpc) is 3.23. The van der Waals surface area contributed by atoms with Crippen LogP contribution in [0, 0.1) is 0 Å². The van der Waals surface area contributed by atoms with Gasteiger partial charge in [0.15, 0.2) is 5.96 Å². The van der Waals surface area contributed by atoms with E-state index in [2.05, 4.69) is 15.6 Å². The number of ether oxygens (including phenoxy) is 1. The largest absolute Gasteiger partial charge is 0.465 e. The molecule has 0 aliphatic carbocycles. The van der Waals surface area contributed by atoms with Crippen molar-refractivity contribution >= 4 is 47.5 Å². The number of benzene rings is 2. The number of rotatable bonds is 8. The Kier molecular flexibility index (Phi) is 10.5. The highest BCUT2D eigenvalue weighted by molar-refractivity contribution is 14.0. The number of guanidine groups is 1. The molecule has 8 heteroatoms. The number of amides is 1. The van der Waals surface area contributed by atoms with Crippen LogP contribution >= 0.6 is 24.0 Å². The number of esters is 1. The van der Waals surface area contributed by atoms with Crippen LogP contribution in [0.2, 0.25) is 0 Å². The fourth-order valence-electron chi connectivity index (χ4n) is 3.47. The summed E-state index contributed by atoms with van der Waals surface area (Å²) >= 11 is 0. The minimum absolute atomic E-state index is 0. The Hall–Kier alpha value is -2.62. The van der Waals surface area contributed by atoms with Crippen LogP contribution in [0.5, 0.6) is 0 Å². The highest BCUT2D eigenvalue weighted by Gasteiger charge is 2.21. The van der Waals surface area contributed by atoms with E-state index in [1.54, 1.807) is 12.1 Å². The van der Waals surface area contributed by atoms with Gasteiger partial charge in [0, 0.05) is 31.7 Å². The first kappa shape index (κ1) is 25.6. The van der Waals surface area contributed by atoms with Crippen molar-refractivity contribution in [3.63, 3.8) is 0 Å². The van der Waals surface area contributed by atoms with Gasteiger partial charge in [0.05, 0.1) is 19.2 Å². The second-order valence-corrected chi connectivity index (χ2v) is 7.38. The molecule has 32 heavy (non-hydrogen) atoms. The molecule has 1 aliphatic rings. The Balaban J connectivity index is 0.00000363. The van der Waals surface area contributed by atoms with Crippen LogP contribution in [0.4, 0.5) is 5.69 Å². The van der Waals surface area contributed by atoms with Crippen LogP contribution in [0.15, 0.2) is 53.5 Å². The molecule has 172 valence electrons. The quantitative estimate of drug-likeness (QED) is 0.228. The van der Waals surface area contributed by atoms with E-state index < -0.39 is 0 Å². The van der Waals surface area contributed by atoms with E-state index >= 15 is 0 Å². The molecule has 3 rings (SSSR count). The molecule has 0 radical (unpaired) electrons. The molecule has 0 bridgehead atoms. The summed E-state index contributed by atoms with van der Waals surface area (Å²) in [5.41, 5.74) is 3.72. The van der Waals surface area contributed by atoms with Gasteiger partial charge in [0.25, 0.3) is 0 Å². The van der Waals surface area contributed by atoms with Crippen molar-refractivity contribution in [1.29, 1.82) is 0 Å². The van der Waals surface area contributed by atoms with Crippen LogP contribution < -0.4 is 15.5 Å². The number of carbonyl (C=O) groups excluding carboxylic acids is 2. The van der Waals surface area contributed by atoms with E-state index in [1.807, 2.05) is 48.2 Å². The average molecular weight is 550 g/mol. The molecule has 1 amide bonds. The number of hydrogen-bond acceptors (Lipinski definition) is 4. The summed E-state index contributed by atoms with van der Waals surface area (Å²) in [5.74, 6) is 0.628. The molecule has 0 saturated carbocycles. The molecule has 0 spiro atoms. The van der Waals surface area contributed by atoms with Crippen LogP contribution in [-0.2, 0) is 22.5 Å². The van der Waals surface area contributed by atoms with Gasteiger partial charge in [-0.1, -0.05) is 24.3 Å². The van der Waals surface area contributed by atoms with Gasteiger partial charge >= 0.3 is 5.97 Å². The second-order valence-electron chi connectivity index (χ2n) is 7.38. The number of halogens is 1. The summed E-state index contributed by atoms with van der Waals surface area (Å²) in [6.07, 6.45) is 2.38. The topological polar surface area (TPSA) is 83.0 Å². The van der Waals surface area contributed by atoms with E-state index in [0.29, 0.717) is 18.5 Å². The fraction of sp³-hybridized carbons (Fsp3) is 0.375. The Labute approximate surface area is 206 Å². The molecule has 0 aromatic heterocycles. The van der Waals surface area contributed by atoms with Crippen molar-refractivity contribution < 1.29 is 14.3 Å². The smallest absolute Gasteiger partial charge is 0.337 e. The SMILES string of the molecule is CCNC(=NCc1ccc(N2CCCC2=O)cc1)NCCc1ccc(C(=O)OC)cc1.I. The Bertz CT molecular complexity index is 914. The van der Waals surface area contributed by atoms with Gasteiger partial charge in [-0.2, -0.15) is 0 Å². The van der Waals surface area contributed by atoms with Gasteiger partial charge in [0.1, 0.15) is 0 Å². The minimum atomic E-state index is -0.327. The van der Waals surface area contributed by atoms with Crippen LogP contribution in [-0.4, -0.2) is 44.6 Å². The Morgan fingerprint density at radius 2 is 1.75 bits per heavy atom. The van der Waals surface area contributed by atoms with Gasteiger partial charge in [-0.15, -0.1) is 24.0 Å². The highest BCUT2D eigenvalue weighted by atomic mass is 127. The Morgan fingerprint density at radius 1 is 1.06 bits per heavy atom. The standard InChI is InChI=1S/C24H30N4O3.HI/c1-3-25-24(26-15-14-18-6-10-20(11-7-18)23(30)31-2)27-17-19-8-12-21(13-9-19)28-16-4-5-22(28)29;/h6-13H,3-5,14-17H2,1-2H3,(H2,25,26,27);1H. The third kappa shape index (κ3) is 7.22. The van der Waals surface area contributed by atoms with Gasteiger partial charge < -0.3 is 20.3 Å². The van der Waals surface area contributed by atoms with E-state index in [-0.39, 0.29) is 35.9 Å². The first-order chi connectivity index (χ1) is 15.1. The van der Waals surface area contributed by atoms with Gasteiger partial charge in [-0.05, 0) is 55.2 Å². The fourth-order valence-corrected chi connectivity index (χ4v) is 3.47. The molecule has 0 unspecified atom stereocenters. The number of methoxy groups -OCH3 is 1. The predicted octanol–water partition coefficient (Wildman–Crippen LogP) is 3.52. The normalized spacial score (nSPS) is 13.5. The van der Waals surface area contributed by atoms with Crippen LogP contribution in [0.3, 0.4) is 0 Å². The molecule has 7 nitrogen and oxygen atoms in total. The molecule has 2 aromatic rings. The lowest BCUT2D eigenvalue weighted by atomic mass is 10.1. The number of carbonyl (C=O) groups is 2. The zero-order chi connectivity index (χ0) is 22.1. The van der Waals surface area contributed by atoms with Crippen LogP contribution in [0.1, 0.15) is 41.3 Å². The lowest BCUT2D eigenvalue weighted by molar-refractivity contribution is -0.117. The molecular weight excluding hydrogens is 519 g/mol. The number of aliphatic imine (C=N–C) groups is 1. The third-order valence-electron chi connectivity index (χ3n) is 5.17. The number of hydrogen-bond donors (Lipinski definition) is 2. The summed E-state index contributed by atoms with van der Waals surface area (Å²) in [7, 11) is 1.38. The molecular formula is C24H31IN4O3. The van der Waals surface area contributed by atoms with E-state index in [1.165, 1.54) is 7.11 Å². The third-order valence-corrected chi connectivity index (χ3v) is 5.17. The van der Waals surface area contributed by atoms with E-state index in [0.717, 1.165) is 55.2 Å². The molecule has 2 N–H and O–H groups in total. The predicted molar refractivity (Wildman–Crippen MR) is 138 cm³/mol. The number of anilines is 1. The lowest BCUT2D eigenvalue weighted by Crippen LogP contribution is -2.38. The summed E-state index contributed by atoms with van der Waals surface area (Å²) in [6.45, 7) is 4.88. The maximum atomic E-state index is 11.9. The minimum Gasteiger partial charge on any atom is -0.465 e. The summed E-state index contributed by atoms with van der Waals surface area (Å²) in [4.78, 5) is 29.9. The van der Waals surface area contributed by atoms with Crippen molar-refractivity contribution in [2.24, 2.45) is 4.99 Å². The summed E-state index contributed by atoms with van der Waals surface area (Å²) < 4.78 is 4.72. The van der Waals surface area contributed by atoms with Crippen molar-refractivity contribution in [2.75, 3.05) is 31.6 Å². The van der Waals surface area contributed by atoms with Crippen molar-refractivity contribution in [2.45, 2.75) is 32.7 Å². The summed E-state index contributed by atoms with van der Waals surface area (Å²) in [6, 6.07) is 15.5. The van der Waals surface area contributed by atoms with Crippen molar-refractivity contribution in [3.8, 4) is 0 Å². The second kappa shape index (κ2) is 13.0. The summed E-state index contributed by atoms with van der Waals surface area (Å²) in [5, 5.41) is 6.60. The monoisotopic (exact) mass is 550 g/mol. The van der Waals surface area contributed by atoms with Gasteiger partial charge in [-0.25, -0.2) is 9.79 Å². The molecule has 1 saturated heterocycles. The zero-order valence-electron chi connectivity index (χ0n) is 18.6. The first-order valence-corrected chi connectivity index (χ1v) is 10.7. The Morgan fingerprint density at radius 3 is 2.34 bits per heavy atom. The number of nitrogens with one attached hydrogen (secondary N) is 2. The zero-order valence-corrected chi connectivity index (χ0v) is 20.9. The van der Waals surface area contributed by atoms with Crippen molar-refractivity contribution in [1.82, 2.24) is 10.6 Å². The number of nitrogens with zero attached hydrogens (tertiary/aromatic N) is 2. The highest BCUT2D eigenvalue weighted by Crippen LogP contribution is 2.21. The molecule has 1 fully saturated rings. The van der Waals surface area contributed by atoms with Gasteiger partial charge in [-0.3, -0.25) is 4.79 Å². The molecule has 1 aliphatic heterocycles. The molecule has 2 aromatic carbocycles. The first-order valence-electron chi connectivity index (χ1n) is 10.7. The molecule has 1 heterocycles. The molecule has 0 atom stereocenters. The van der Waals surface area contributed by atoms with E-state index in [4.69, 9.17) is 4.74 Å². The van der Waals surface area contributed by atoms with Crippen LogP contribution in [0.25, 0.3) is 0 Å². The van der Waals surface area contributed by atoms with E-state index in [9.17, 15) is 9.59 Å². The van der Waals surface area contributed by atoms with Crippen molar-refractivity contribution in [3.05, 3.63) is 65.2 Å². The lowest BCUT2D eigenvalue weighted by Gasteiger charge is -2.16. The maximum absolute atomic E-state index is 11.9.